The maximum Gasteiger partial charge on any atom is 0.408 e. The zero-order chi connectivity index (χ0) is 26.9. The fourth-order valence-corrected chi connectivity index (χ4v) is 3.29. The van der Waals surface area contributed by atoms with Gasteiger partial charge >= 0.3 is 24.0 Å². The second-order valence-electron chi connectivity index (χ2n) is 9.20. The summed E-state index contributed by atoms with van der Waals surface area (Å²) in [5.41, 5.74) is -2.16. The molecule has 2 aromatic rings. The van der Waals surface area contributed by atoms with Crippen LogP contribution in [0.1, 0.15) is 44.9 Å². The van der Waals surface area contributed by atoms with Gasteiger partial charge in [0.25, 0.3) is 0 Å². The first kappa shape index (κ1) is 28.1. The number of ether oxygens (including phenoxy) is 2. The molecule has 0 saturated heterocycles. The topological polar surface area (TPSA) is 172 Å². The summed E-state index contributed by atoms with van der Waals surface area (Å²) in [6.07, 6.45) is -1.21. The number of aliphatic carboxylic acids is 3. The number of hydrogen-bond donors (Lipinski definition) is 4. The van der Waals surface area contributed by atoms with Crippen molar-refractivity contribution in [1.29, 1.82) is 0 Å². The summed E-state index contributed by atoms with van der Waals surface area (Å²) in [5, 5.41) is 31.2. The number of nitrogens with one attached hydrogen (secondary N) is 1. The van der Waals surface area contributed by atoms with E-state index in [1.165, 1.54) is 12.3 Å². The first-order chi connectivity index (χ1) is 16.8. The van der Waals surface area contributed by atoms with Crippen molar-refractivity contribution in [2.75, 3.05) is 0 Å². The smallest absolute Gasteiger partial charge is 0.408 e. The normalized spacial score (nSPS) is 12.3. The lowest BCUT2D eigenvalue weighted by Gasteiger charge is -2.27. The minimum Gasteiger partial charge on any atom is -0.487 e. The Hall–Kier alpha value is -4.15. The fourth-order valence-electron chi connectivity index (χ4n) is 3.29. The van der Waals surface area contributed by atoms with Gasteiger partial charge in [-0.2, -0.15) is 0 Å². The van der Waals surface area contributed by atoms with Crippen LogP contribution in [-0.4, -0.2) is 55.9 Å². The molecule has 0 aliphatic carbocycles. The summed E-state index contributed by atoms with van der Waals surface area (Å²) in [5.74, 6) is -4.35. The lowest BCUT2D eigenvalue weighted by atomic mass is 9.78. The van der Waals surface area contributed by atoms with Gasteiger partial charge in [0, 0.05) is 12.1 Å². The third-order valence-corrected chi connectivity index (χ3v) is 5.20. The van der Waals surface area contributed by atoms with Crippen molar-refractivity contribution in [3.8, 4) is 5.75 Å². The average Bonchev–Trinajstić information content (AvgIpc) is 2.79. The van der Waals surface area contributed by atoms with Crippen LogP contribution in [0.15, 0.2) is 48.7 Å². The van der Waals surface area contributed by atoms with Gasteiger partial charge in [-0.05, 0) is 51.3 Å². The van der Waals surface area contributed by atoms with Gasteiger partial charge in [0.05, 0.1) is 6.20 Å². The number of hydrogen-bond acceptors (Lipinski definition) is 7. The molecule has 4 N–H and O–H groups in total. The molecule has 1 atom stereocenters. The zero-order valence-electron chi connectivity index (χ0n) is 20.3. The SMILES string of the molecule is CC(C)(C)OC(=O)N[C@@H](CCC(Cc1ccc(OCc2ccccc2)cn1)(C(=O)O)C(=O)O)C(=O)O. The molecular weight excluding hydrogens is 472 g/mol. The van der Waals surface area contributed by atoms with Gasteiger partial charge in [0.15, 0.2) is 5.41 Å². The quantitative estimate of drug-likeness (QED) is 0.316. The summed E-state index contributed by atoms with van der Waals surface area (Å²) in [6, 6.07) is 10.8. The van der Waals surface area contributed by atoms with Crippen molar-refractivity contribution in [3.63, 3.8) is 0 Å². The van der Waals surface area contributed by atoms with Crippen molar-refractivity contribution in [2.45, 2.75) is 58.3 Å². The molecule has 0 bridgehead atoms. The van der Waals surface area contributed by atoms with Gasteiger partial charge in [0.1, 0.15) is 24.0 Å². The molecule has 194 valence electrons. The molecule has 36 heavy (non-hydrogen) atoms. The molecule has 1 aromatic carbocycles. The number of aromatic nitrogens is 1. The third-order valence-electron chi connectivity index (χ3n) is 5.20. The number of carboxylic acids is 3. The highest BCUT2D eigenvalue weighted by atomic mass is 16.6. The standard InChI is InChI=1S/C25H30N2O9/c1-24(2,3)36-23(34)27-19(20(28)29)11-12-25(21(30)31,22(32)33)13-17-9-10-18(14-26-17)35-15-16-7-5-4-6-8-16/h4-10,14,19H,11-13,15H2,1-3H3,(H,27,34)(H,28,29)(H,30,31)(H,32,33)/t19-/m0/s1. The van der Waals surface area contributed by atoms with Crippen molar-refractivity contribution < 1.29 is 44.0 Å². The van der Waals surface area contributed by atoms with Gasteiger partial charge in [-0.1, -0.05) is 30.3 Å². The van der Waals surface area contributed by atoms with Gasteiger partial charge in [-0.25, -0.2) is 9.59 Å². The Bertz CT molecular complexity index is 1050. The number of carbonyl (C=O) groups excluding carboxylic acids is 1. The number of carboxylic acid groups (broad SMARTS) is 3. The number of benzene rings is 1. The van der Waals surface area contributed by atoms with Crippen LogP contribution in [0.5, 0.6) is 5.75 Å². The number of carbonyl (C=O) groups is 4. The van der Waals surface area contributed by atoms with E-state index in [-0.39, 0.29) is 12.3 Å². The van der Waals surface area contributed by atoms with Gasteiger partial charge in [0.2, 0.25) is 0 Å². The van der Waals surface area contributed by atoms with Crippen molar-refractivity contribution in [1.82, 2.24) is 10.3 Å². The van der Waals surface area contributed by atoms with E-state index < -0.39 is 60.3 Å². The summed E-state index contributed by atoms with van der Waals surface area (Å²) >= 11 is 0. The Morgan fingerprint density at radius 1 is 0.972 bits per heavy atom. The van der Waals surface area contributed by atoms with Crippen LogP contribution in [-0.2, 0) is 32.1 Å². The molecule has 0 aliphatic heterocycles. The molecular formula is C25H30N2O9. The molecule has 2 rings (SSSR count). The first-order valence-corrected chi connectivity index (χ1v) is 11.1. The van der Waals surface area contributed by atoms with E-state index in [9.17, 15) is 34.5 Å². The monoisotopic (exact) mass is 502 g/mol. The first-order valence-electron chi connectivity index (χ1n) is 11.1. The zero-order valence-corrected chi connectivity index (χ0v) is 20.3. The van der Waals surface area contributed by atoms with Crippen LogP contribution in [0.3, 0.4) is 0 Å². The van der Waals surface area contributed by atoms with Crippen LogP contribution < -0.4 is 10.1 Å². The van der Waals surface area contributed by atoms with E-state index in [0.29, 0.717) is 5.75 Å². The Morgan fingerprint density at radius 2 is 1.61 bits per heavy atom. The summed E-state index contributed by atoms with van der Waals surface area (Å²) in [4.78, 5) is 51.9. The Balaban J connectivity index is 2.12. The average molecular weight is 503 g/mol. The number of nitrogens with zero attached hydrogens (tertiary/aromatic N) is 1. The molecule has 11 heteroatoms. The largest absolute Gasteiger partial charge is 0.487 e. The number of rotatable bonds is 12. The minimum absolute atomic E-state index is 0.166. The van der Waals surface area contributed by atoms with E-state index in [4.69, 9.17) is 9.47 Å². The maximum absolute atomic E-state index is 12.1. The molecule has 0 saturated carbocycles. The van der Waals surface area contributed by atoms with Crippen LogP contribution in [0.25, 0.3) is 0 Å². The fraction of sp³-hybridized carbons (Fsp3) is 0.400. The van der Waals surface area contributed by atoms with Crippen LogP contribution in [0, 0.1) is 5.41 Å². The third kappa shape index (κ3) is 8.26. The minimum atomic E-state index is -2.37. The van der Waals surface area contributed by atoms with E-state index in [0.717, 1.165) is 5.56 Å². The number of amides is 1. The maximum atomic E-state index is 12.1. The predicted octanol–water partition coefficient (Wildman–Crippen LogP) is 3.12. The van der Waals surface area contributed by atoms with E-state index in [2.05, 4.69) is 10.3 Å². The van der Waals surface area contributed by atoms with Crippen molar-refractivity contribution in [2.24, 2.45) is 5.41 Å². The van der Waals surface area contributed by atoms with Gasteiger partial charge in [-0.3, -0.25) is 14.6 Å². The summed E-state index contributed by atoms with van der Waals surface area (Å²) < 4.78 is 10.7. The highest BCUT2D eigenvalue weighted by Gasteiger charge is 2.47. The summed E-state index contributed by atoms with van der Waals surface area (Å²) in [7, 11) is 0. The van der Waals surface area contributed by atoms with E-state index in [1.54, 1.807) is 26.8 Å². The van der Waals surface area contributed by atoms with Gasteiger partial charge < -0.3 is 30.1 Å². The molecule has 1 aromatic heterocycles. The molecule has 0 spiro atoms. The molecule has 1 amide bonds. The Kier molecular flexibility index (Phi) is 9.37. The molecule has 11 nitrogen and oxygen atoms in total. The second-order valence-corrected chi connectivity index (χ2v) is 9.20. The van der Waals surface area contributed by atoms with E-state index in [1.807, 2.05) is 30.3 Å². The molecule has 0 radical (unpaired) electrons. The molecule has 0 unspecified atom stereocenters. The van der Waals surface area contributed by atoms with E-state index >= 15 is 0 Å². The van der Waals surface area contributed by atoms with Gasteiger partial charge in [-0.15, -0.1) is 0 Å². The highest BCUT2D eigenvalue weighted by molar-refractivity contribution is 5.98. The summed E-state index contributed by atoms with van der Waals surface area (Å²) in [6.45, 7) is 5.06. The Morgan fingerprint density at radius 3 is 2.11 bits per heavy atom. The molecule has 1 heterocycles. The molecule has 0 fully saturated rings. The Labute approximate surface area is 208 Å². The lowest BCUT2D eigenvalue weighted by molar-refractivity contribution is -0.166. The predicted molar refractivity (Wildman–Crippen MR) is 126 cm³/mol. The lowest BCUT2D eigenvalue weighted by Crippen LogP contribution is -2.47. The molecule has 0 aliphatic rings. The number of alkyl carbamates (subject to hydrolysis) is 1. The van der Waals surface area contributed by atoms with Crippen LogP contribution >= 0.6 is 0 Å². The highest BCUT2D eigenvalue weighted by Crippen LogP contribution is 2.31. The van der Waals surface area contributed by atoms with Crippen molar-refractivity contribution in [3.05, 3.63) is 59.9 Å². The number of pyridine rings is 1. The second kappa shape index (κ2) is 12.0. The van der Waals surface area contributed by atoms with Crippen LogP contribution in [0.2, 0.25) is 0 Å². The van der Waals surface area contributed by atoms with Crippen LogP contribution in [0.4, 0.5) is 4.79 Å². The van der Waals surface area contributed by atoms with Crippen molar-refractivity contribution >= 4 is 24.0 Å².